The zero-order valence-electron chi connectivity index (χ0n) is 9.24. The molecule has 0 nitrogen and oxygen atoms in total. The highest BCUT2D eigenvalue weighted by atomic mass is 35.5. The van der Waals surface area contributed by atoms with Crippen molar-refractivity contribution >= 4 is 28.3 Å². The number of hydrogen-bond donors (Lipinski definition) is 0. The van der Waals surface area contributed by atoms with E-state index in [1.54, 1.807) is 36.4 Å². The summed E-state index contributed by atoms with van der Waals surface area (Å²) in [6, 6.07) is 15.6. The first kappa shape index (κ1) is 13.1. The average Bonchev–Trinajstić information content (AvgIpc) is 2.38. The Morgan fingerprint density at radius 1 is 0.889 bits per heavy atom. The topological polar surface area (TPSA) is 0 Å². The fraction of sp³-hybridized carbons (Fsp3) is 0. The smallest absolute Gasteiger partial charge is 0.172 e. The van der Waals surface area contributed by atoms with Crippen LogP contribution in [0.15, 0.2) is 65.6 Å². The molecule has 0 aliphatic rings. The van der Waals surface area contributed by atoms with Crippen LogP contribution < -0.4 is 0 Å². The van der Waals surface area contributed by atoms with E-state index < -0.39 is 6.08 Å². The lowest BCUT2D eigenvalue weighted by Gasteiger charge is -2.08. The molecule has 0 aliphatic heterocycles. The van der Waals surface area contributed by atoms with Gasteiger partial charge in [0, 0.05) is 15.5 Å². The second-order valence-corrected chi connectivity index (χ2v) is 4.98. The van der Waals surface area contributed by atoms with Crippen molar-refractivity contribution in [1.82, 2.24) is 0 Å². The van der Waals surface area contributed by atoms with Gasteiger partial charge in [-0.2, -0.15) is 8.78 Å². The third kappa shape index (κ3) is 3.12. The van der Waals surface area contributed by atoms with E-state index in [0.29, 0.717) is 10.6 Å². The Hall–Kier alpha value is -1.32. The van der Waals surface area contributed by atoms with E-state index in [1.807, 2.05) is 18.2 Å². The van der Waals surface area contributed by atoms with Crippen molar-refractivity contribution in [2.24, 2.45) is 0 Å². The van der Waals surface area contributed by atoms with Gasteiger partial charge in [-0.3, -0.25) is 0 Å². The van der Waals surface area contributed by atoms with Gasteiger partial charge in [-0.25, -0.2) is 0 Å². The summed E-state index contributed by atoms with van der Waals surface area (Å²) in [6.45, 7) is 0. The van der Waals surface area contributed by atoms with Gasteiger partial charge in [0.05, 0.1) is 4.91 Å². The second kappa shape index (κ2) is 6.03. The molecule has 0 heterocycles. The first-order chi connectivity index (χ1) is 8.68. The molecule has 2 rings (SSSR count). The predicted octanol–water partition coefficient (Wildman–Crippen LogP) is 5.70. The van der Waals surface area contributed by atoms with Crippen LogP contribution in [0.1, 0.15) is 5.56 Å². The molecule has 0 spiro atoms. The summed E-state index contributed by atoms with van der Waals surface area (Å²) in [4.78, 5) is 0.645. The summed E-state index contributed by atoms with van der Waals surface area (Å²) < 4.78 is 26.1. The number of benzene rings is 2. The third-order valence-electron chi connectivity index (χ3n) is 2.25. The van der Waals surface area contributed by atoms with Gasteiger partial charge < -0.3 is 0 Å². The first-order valence-corrected chi connectivity index (χ1v) is 6.41. The molecule has 18 heavy (non-hydrogen) atoms. The molecule has 0 fully saturated rings. The zero-order valence-corrected chi connectivity index (χ0v) is 10.8. The van der Waals surface area contributed by atoms with Crippen molar-refractivity contribution < 1.29 is 8.78 Å². The fourth-order valence-electron chi connectivity index (χ4n) is 1.45. The van der Waals surface area contributed by atoms with E-state index in [-0.39, 0.29) is 4.91 Å². The summed E-state index contributed by atoms with van der Waals surface area (Å²) in [5.41, 5.74) is 0.355. The molecule has 0 radical (unpaired) electrons. The highest BCUT2D eigenvalue weighted by Gasteiger charge is 2.14. The van der Waals surface area contributed by atoms with Gasteiger partial charge in [-0.15, -0.1) is 0 Å². The lowest BCUT2D eigenvalue weighted by Crippen LogP contribution is -1.84. The maximum Gasteiger partial charge on any atom is 0.284 e. The monoisotopic (exact) mass is 282 g/mol. The van der Waals surface area contributed by atoms with E-state index in [4.69, 9.17) is 11.6 Å². The van der Waals surface area contributed by atoms with Gasteiger partial charge in [0.15, 0.2) is 0 Å². The van der Waals surface area contributed by atoms with E-state index >= 15 is 0 Å². The van der Waals surface area contributed by atoms with Crippen LogP contribution >= 0.6 is 23.4 Å². The Balaban J connectivity index is 2.38. The maximum absolute atomic E-state index is 13.1. The zero-order chi connectivity index (χ0) is 13.0. The van der Waals surface area contributed by atoms with Crippen molar-refractivity contribution in [1.29, 1.82) is 0 Å². The van der Waals surface area contributed by atoms with Gasteiger partial charge >= 0.3 is 0 Å². The lowest BCUT2D eigenvalue weighted by molar-refractivity contribution is 0.428. The molecule has 92 valence electrons. The van der Waals surface area contributed by atoms with Crippen LogP contribution in [0.4, 0.5) is 8.78 Å². The lowest BCUT2D eigenvalue weighted by atomic mass is 10.2. The number of thioether (sulfide) groups is 1. The Bertz CT molecular complexity index is 563. The van der Waals surface area contributed by atoms with Crippen molar-refractivity contribution in [2.75, 3.05) is 0 Å². The summed E-state index contributed by atoms with van der Waals surface area (Å²) >= 11 is 6.96. The van der Waals surface area contributed by atoms with Gasteiger partial charge in [-0.1, -0.05) is 59.8 Å². The number of hydrogen-bond acceptors (Lipinski definition) is 1. The van der Waals surface area contributed by atoms with E-state index in [2.05, 4.69) is 0 Å². The first-order valence-electron chi connectivity index (χ1n) is 5.21. The van der Waals surface area contributed by atoms with Crippen molar-refractivity contribution in [3.63, 3.8) is 0 Å². The van der Waals surface area contributed by atoms with Crippen LogP contribution in [0, 0.1) is 0 Å². The van der Waals surface area contributed by atoms with Crippen molar-refractivity contribution in [2.45, 2.75) is 4.90 Å². The quantitative estimate of drug-likeness (QED) is 0.651. The summed E-state index contributed by atoms with van der Waals surface area (Å²) in [5, 5.41) is 0.323. The molecule has 0 N–H and O–H groups in total. The summed E-state index contributed by atoms with van der Waals surface area (Å²) in [5.74, 6) is 0. The van der Waals surface area contributed by atoms with Crippen molar-refractivity contribution in [3.8, 4) is 0 Å². The number of rotatable bonds is 3. The van der Waals surface area contributed by atoms with Crippen molar-refractivity contribution in [3.05, 3.63) is 71.3 Å². The third-order valence-corrected chi connectivity index (χ3v) is 3.67. The average molecular weight is 283 g/mol. The van der Waals surface area contributed by atoms with Gasteiger partial charge in [-0.05, 0) is 18.2 Å². The molecular formula is C14H9ClF2S. The molecule has 0 aliphatic carbocycles. The SMILES string of the molecule is FC(F)=C(Sc1ccccc1)c1ccccc1Cl. The van der Waals surface area contributed by atoms with Gasteiger partial charge in [0.2, 0.25) is 0 Å². The maximum atomic E-state index is 13.1. The standard InChI is InChI=1S/C14H9ClF2S/c15-12-9-5-4-8-11(12)13(14(16)17)18-10-6-2-1-3-7-10/h1-9H. The molecule has 0 aromatic heterocycles. The minimum Gasteiger partial charge on any atom is -0.172 e. The van der Waals surface area contributed by atoms with Gasteiger partial charge in [0.25, 0.3) is 6.08 Å². The molecule has 0 atom stereocenters. The molecular weight excluding hydrogens is 274 g/mol. The molecule has 0 saturated carbocycles. The van der Waals surface area contributed by atoms with Gasteiger partial charge in [0.1, 0.15) is 0 Å². The molecule has 0 bridgehead atoms. The normalized spacial score (nSPS) is 10.2. The Labute approximate surface area is 113 Å². The van der Waals surface area contributed by atoms with E-state index in [0.717, 1.165) is 16.7 Å². The van der Waals surface area contributed by atoms with Crippen LogP contribution in [-0.2, 0) is 0 Å². The van der Waals surface area contributed by atoms with Crippen LogP contribution in [0.25, 0.3) is 4.91 Å². The molecule has 4 heteroatoms. The number of halogens is 3. The Kier molecular flexibility index (Phi) is 4.39. The highest BCUT2D eigenvalue weighted by Crippen LogP contribution is 2.40. The summed E-state index contributed by atoms with van der Waals surface area (Å²) in [6.07, 6.45) is -1.73. The largest absolute Gasteiger partial charge is 0.284 e. The molecule has 0 amide bonds. The predicted molar refractivity (Wildman–Crippen MR) is 72.9 cm³/mol. The van der Waals surface area contributed by atoms with Crippen LogP contribution in [0.3, 0.4) is 0 Å². The van der Waals surface area contributed by atoms with Crippen LogP contribution in [0.2, 0.25) is 5.02 Å². The minimum absolute atomic E-state index is 0.105. The van der Waals surface area contributed by atoms with Crippen LogP contribution in [-0.4, -0.2) is 0 Å². The Morgan fingerprint density at radius 3 is 2.11 bits per heavy atom. The molecule has 0 saturated heterocycles. The fourth-order valence-corrected chi connectivity index (χ4v) is 2.63. The molecule has 0 unspecified atom stereocenters. The second-order valence-electron chi connectivity index (χ2n) is 3.48. The minimum atomic E-state index is -1.73. The summed E-state index contributed by atoms with van der Waals surface area (Å²) in [7, 11) is 0. The van der Waals surface area contributed by atoms with E-state index in [1.165, 1.54) is 0 Å². The van der Waals surface area contributed by atoms with E-state index in [9.17, 15) is 8.78 Å². The van der Waals surface area contributed by atoms with Crippen LogP contribution in [0.5, 0.6) is 0 Å². The highest BCUT2D eigenvalue weighted by molar-refractivity contribution is 8.08. The molecule has 2 aromatic carbocycles. The molecule has 2 aromatic rings. The Morgan fingerprint density at radius 2 is 1.50 bits per heavy atom.